The lowest BCUT2D eigenvalue weighted by atomic mass is 10.3. The Morgan fingerprint density at radius 3 is 3.05 bits per heavy atom. The number of anilines is 1. The van der Waals surface area contributed by atoms with E-state index in [1.54, 1.807) is 4.45 Å². The number of nitrogens with one attached hydrogen (secondary N) is 1. The summed E-state index contributed by atoms with van der Waals surface area (Å²) in [5.41, 5.74) is 0.615. The number of hydrogen-bond donors (Lipinski definition) is 1. The van der Waals surface area contributed by atoms with Crippen LogP contribution in [0.4, 0.5) is 5.82 Å². The minimum Gasteiger partial charge on any atom is -0.365 e. The third kappa shape index (κ3) is 3.42. The standard InChI is InChI=1S/C9H19N5OP4/c1-2-3-5-13-6-4-10-8-7(9(13)15)14(12-11-8)19(17)18-16/h10,18H,2-6,16-17H2,1H3. The maximum Gasteiger partial charge on any atom is 0.276 e. The van der Waals surface area contributed by atoms with Gasteiger partial charge >= 0.3 is 0 Å². The number of rotatable bonds is 5. The van der Waals surface area contributed by atoms with Crippen molar-refractivity contribution in [3.8, 4) is 0 Å². The van der Waals surface area contributed by atoms with Gasteiger partial charge in [-0.05, 0) is 14.4 Å². The average Bonchev–Trinajstić information content (AvgIpc) is 2.78. The molecular formula is C9H19N5OP4. The summed E-state index contributed by atoms with van der Waals surface area (Å²) in [5, 5.41) is 11.4. The van der Waals surface area contributed by atoms with E-state index in [1.165, 1.54) is 0 Å². The van der Waals surface area contributed by atoms with Crippen molar-refractivity contribution in [2.75, 3.05) is 25.0 Å². The van der Waals surface area contributed by atoms with Crippen LogP contribution in [-0.2, 0) is 0 Å². The molecule has 0 bridgehead atoms. The fourth-order valence-corrected chi connectivity index (χ4v) is 4.76. The van der Waals surface area contributed by atoms with Gasteiger partial charge in [0.1, 0.15) is 0 Å². The summed E-state index contributed by atoms with van der Waals surface area (Å²) in [6.45, 7) is 4.40. The number of unbranched alkanes of at least 4 members (excludes halogenated alkanes) is 1. The Kier molecular flexibility index (Phi) is 5.90. The first-order chi connectivity index (χ1) is 9.19. The zero-order chi connectivity index (χ0) is 13.8. The largest absolute Gasteiger partial charge is 0.365 e. The number of nitrogens with zero attached hydrogens (tertiary/aromatic N) is 4. The van der Waals surface area contributed by atoms with Gasteiger partial charge < -0.3 is 10.2 Å². The Bertz CT molecular complexity index is 454. The van der Waals surface area contributed by atoms with Crippen molar-refractivity contribution in [2.24, 2.45) is 0 Å². The first kappa shape index (κ1) is 15.5. The zero-order valence-corrected chi connectivity index (χ0v) is 15.0. The molecule has 1 aromatic heterocycles. The Hall–Kier alpha value is 0.130. The summed E-state index contributed by atoms with van der Waals surface area (Å²) in [4.78, 5) is 14.5. The molecule has 106 valence electrons. The topological polar surface area (TPSA) is 63.0 Å². The van der Waals surface area contributed by atoms with Gasteiger partial charge in [-0.15, -0.1) is 14.0 Å². The van der Waals surface area contributed by atoms with Crippen LogP contribution in [0, 0.1) is 0 Å². The summed E-state index contributed by atoms with van der Waals surface area (Å²) >= 11 is 0. The van der Waals surface area contributed by atoms with Crippen LogP contribution < -0.4 is 5.32 Å². The Morgan fingerprint density at radius 1 is 1.58 bits per heavy atom. The monoisotopic (exact) mass is 337 g/mol. The second-order valence-electron chi connectivity index (χ2n) is 4.22. The number of amides is 1. The Labute approximate surface area is 120 Å². The molecule has 0 fully saturated rings. The normalized spacial score (nSPS) is 17.4. The lowest BCUT2D eigenvalue weighted by molar-refractivity contribution is 0.0758. The van der Waals surface area contributed by atoms with Gasteiger partial charge in [-0.1, -0.05) is 27.5 Å². The summed E-state index contributed by atoms with van der Waals surface area (Å²) in [6.07, 6.45) is 2.12. The summed E-state index contributed by atoms with van der Waals surface area (Å²) in [7, 11) is 5.56. The highest BCUT2D eigenvalue weighted by Crippen LogP contribution is 2.66. The lowest BCUT2D eigenvalue weighted by Crippen LogP contribution is -2.34. The third-order valence-corrected chi connectivity index (χ3v) is 12.3. The Morgan fingerprint density at radius 2 is 2.37 bits per heavy atom. The molecule has 19 heavy (non-hydrogen) atoms. The van der Waals surface area contributed by atoms with E-state index in [-0.39, 0.29) is 5.91 Å². The van der Waals surface area contributed by atoms with Crippen molar-refractivity contribution < 1.29 is 4.79 Å². The molecule has 1 amide bonds. The van der Waals surface area contributed by atoms with Gasteiger partial charge in [0.2, 0.25) is 0 Å². The molecule has 1 N–H and O–H groups in total. The van der Waals surface area contributed by atoms with E-state index in [2.05, 4.69) is 40.4 Å². The predicted octanol–water partition coefficient (Wildman–Crippen LogP) is 2.36. The fraction of sp³-hybridized carbons (Fsp3) is 0.667. The molecule has 0 radical (unpaired) electrons. The minimum absolute atomic E-state index is 0.0525. The summed E-state index contributed by atoms with van der Waals surface area (Å²) in [5.74, 6) is 0.679. The van der Waals surface area contributed by atoms with Crippen molar-refractivity contribution in [3.63, 3.8) is 0 Å². The van der Waals surface area contributed by atoms with Gasteiger partial charge in [-0.25, -0.2) is 4.45 Å². The highest BCUT2D eigenvalue weighted by atomic mass is 32.6. The van der Waals surface area contributed by atoms with Crippen LogP contribution in [0.1, 0.15) is 30.3 Å². The van der Waals surface area contributed by atoms with Crippen LogP contribution >= 0.6 is 33.3 Å². The molecule has 0 saturated carbocycles. The third-order valence-electron chi connectivity index (χ3n) is 2.94. The van der Waals surface area contributed by atoms with Gasteiger partial charge in [-0.2, -0.15) is 0 Å². The molecule has 0 aromatic carbocycles. The minimum atomic E-state index is -0.559. The number of aromatic nitrogens is 3. The van der Waals surface area contributed by atoms with E-state index in [1.807, 2.05) is 4.90 Å². The SMILES string of the molecule is CCCCN1CCNc2nnn(P(P)PP)c2C1=O. The van der Waals surface area contributed by atoms with Crippen molar-refractivity contribution >= 4 is 45.0 Å². The number of carbonyl (C=O) groups is 1. The van der Waals surface area contributed by atoms with Crippen LogP contribution in [0.3, 0.4) is 0 Å². The molecule has 10 heteroatoms. The smallest absolute Gasteiger partial charge is 0.276 e. The maximum atomic E-state index is 12.6. The van der Waals surface area contributed by atoms with Crippen molar-refractivity contribution in [3.05, 3.63) is 5.69 Å². The number of carbonyl (C=O) groups excluding carboxylic acids is 1. The van der Waals surface area contributed by atoms with E-state index in [9.17, 15) is 4.79 Å². The van der Waals surface area contributed by atoms with Crippen molar-refractivity contribution in [1.82, 2.24) is 19.7 Å². The highest BCUT2D eigenvalue weighted by molar-refractivity contribution is 8.60. The second kappa shape index (κ2) is 7.23. The van der Waals surface area contributed by atoms with E-state index in [0.717, 1.165) is 32.5 Å². The summed E-state index contributed by atoms with van der Waals surface area (Å²) < 4.78 is 1.78. The van der Waals surface area contributed by atoms with Gasteiger partial charge in [0, 0.05) is 19.6 Å². The molecule has 2 rings (SSSR count). The van der Waals surface area contributed by atoms with Crippen LogP contribution in [0.2, 0.25) is 0 Å². The van der Waals surface area contributed by atoms with Gasteiger partial charge in [0.15, 0.2) is 11.5 Å². The lowest BCUT2D eigenvalue weighted by Gasteiger charge is -2.21. The molecule has 1 aromatic rings. The molecule has 0 aliphatic carbocycles. The highest BCUT2D eigenvalue weighted by Gasteiger charge is 2.29. The molecule has 4 atom stereocenters. The van der Waals surface area contributed by atoms with Gasteiger partial charge in [-0.3, -0.25) is 4.79 Å². The molecule has 0 spiro atoms. The van der Waals surface area contributed by atoms with Crippen LogP contribution in [0.25, 0.3) is 0 Å². The van der Waals surface area contributed by atoms with E-state index < -0.39 is 7.45 Å². The number of fused-ring (bicyclic) bond motifs is 1. The second-order valence-corrected chi connectivity index (χ2v) is 13.0. The maximum absolute atomic E-state index is 12.6. The fourth-order valence-electron chi connectivity index (χ4n) is 1.91. The van der Waals surface area contributed by atoms with Gasteiger partial charge in [0.05, 0.1) is 7.45 Å². The Balaban J connectivity index is 2.29. The first-order valence-corrected chi connectivity index (χ1v) is 12.8. The molecule has 0 saturated heterocycles. The van der Waals surface area contributed by atoms with Crippen molar-refractivity contribution in [2.45, 2.75) is 19.8 Å². The molecule has 1 aliphatic rings. The first-order valence-electron chi connectivity index (χ1n) is 6.19. The number of hydrogen-bond acceptors (Lipinski definition) is 4. The van der Waals surface area contributed by atoms with Crippen molar-refractivity contribution in [1.29, 1.82) is 0 Å². The average molecular weight is 337 g/mol. The zero-order valence-electron chi connectivity index (χ0n) is 10.8. The van der Waals surface area contributed by atoms with Crippen LogP contribution in [0.5, 0.6) is 0 Å². The van der Waals surface area contributed by atoms with Crippen LogP contribution in [-0.4, -0.2) is 45.2 Å². The summed E-state index contributed by atoms with van der Waals surface area (Å²) in [6, 6.07) is 0. The molecule has 1 aliphatic heterocycles. The van der Waals surface area contributed by atoms with Gasteiger partial charge in [0.25, 0.3) is 5.91 Å². The van der Waals surface area contributed by atoms with E-state index in [4.69, 9.17) is 0 Å². The quantitative estimate of drug-likeness (QED) is 0.838. The predicted molar refractivity (Wildman–Crippen MR) is 89.4 cm³/mol. The molecule has 4 unspecified atom stereocenters. The van der Waals surface area contributed by atoms with E-state index >= 15 is 0 Å². The molecule has 2 heterocycles. The van der Waals surface area contributed by atoms with Crippen LogP contribution in [0.15, 0.2) is 0 Å². The molecular weight excluding hydrogens is 318 g/mol. The molecule has 6 nitrogen and oxygen atoms in total. The van der Waals surface area contributed by atoms with E-state index in [0.29, 0.717) is 19.5 Å².